The van der Waals surface area contributed by atoms with Crippen LogP contribution in [0.3, 0.4) is 0 Å². The zero-order valence-corrected chi connectivity index (χ0v) is 17.2. The number of rotatable bonds is 3. The number of Topliss-reactive ketones (excluding diaryl/α,β-unsaturated/α-hetero) is 1. The Morgan fingerprint density at radius 2 is 2.04 bits per heavy atom. The number of nitrogens with two attached hydrogens (primary N) is 1. The number of thioether (sulfide) groups is 1. The lowest BCUT2D eigenvalue weighted by molar-refractivity contribution is -0.116. The average Bonchev–Trinajstić information content (AvgIpc) is 3.17. The summed E-state index contributed by atoms with van der Waals surface area (Å²) in [5.41, 5.74) is 10.4. The predicted octanol–water partition coefficient (Wildman–Crippen LogP) is 3.87. The molecule has 0 spiro atoms. The van der Waals surface area contributed by atoms with Crippen molar-refractivity contribution in [1.82, 2.24) is 10.2 Å². The maximum absolute atomic E-state index is 13.0. The van der Waals surface area contributed by atoms with Crippen LogP contribution < -0.4 is 10.6 Å². The molecule has 1 aliphatic carbocycles. The summed E-state index contributed by atoms with van der Waals surface area (Å²) in [7, 11) is 0. The number of ketones is 1. The van der Waals surface area contributed by atoms with Crippen LogP contribution >= 0.6 is 23.1 Å². The molecule has 28 heavy (non-hydrogen) atoms. The molecule has 142 valence electrons. The molecule has 2 aliphatic rings. The Morgan fingerprint density at radius 3 is 2.68 bits per heavy atom. The zero-order valence-electron chi connectivity index (χ0n) is 15.6. The molecule has 4 rings (SSSR count). The fourth-order valence-electron chi connectivity index (χ4n) is 3.77. The molecular weight excluding hydrogens is 390 g/mol. The first-order valence-corrected chi connectivity index (χ1v) is 11.0. The number of anilines is 1. The predicted molar refractivity (Wildman–Crippen MR) is 111 cm³/mol. The molecule has 6 nitrogen and oxygen atoms in total. The monoisotopic (exact) mass is 409 g/mol. The zero-order chi connectivity index (χ0) is 19.8. The topological polar surface area (TPSA) is 95.9 Å². The van der Waals surface area contributed by atoms with Crippen LogP contribution in [0.2, 0.25) is 0 Å². The lowest BCUT2D eigenvalue weighted by Gasteiger charge is -2.38. The third-order valence-corrected chi connectivity index (χ3v) is 6.97. The van der Waals surface area contributed by atoms with Crippen molar-refractivity contribution in [3.8, 4) is 6.07 Å². The highest BCUT2D eigenvalue weighted by molar-refractivity contribution is 8.00. The SMILES string of the molecule is CSc1nnc(N2C(N)=C(C#N)C(c3ccc(C)cc3)C3=C2CCCC3=O)s1. The minimum Gasteiger partial charge on any atom is -0.384 e. The molecule has 2 N–H and O–H groups in total. The second-order valence-corrected chi connectivity index (χ2v) is 8.79. The van der Waals surface area contributed by atoms with Crippen LogP contribution in [0.1, 0.15) is 36.3 Å². The molecule has 2 aromatic rings. The van der Waals surface area contributed by atoms with E-state index in [1.54, 1.807) is 4.90 Å². The molecule has 2 heterocycles. The Balaban J connectivity index is 1.93. The van der Waals surface area contributed by atoms with Crippen molar-refractivity contribution < 1.29 is 4.79 Å². The number of nitrogens with zero attached hydrogens (tertiary/aromatic N) is 4. The van der Waals surface area contributed by atoms with E-state index in [1.165, 1.54) is 23.1 Å². The first kappa shape index (κ1) is 18.7. The summed E-state index contributed by atoms with van der Waals surface area (Å²) in [5.74, 6) is -0.0189. The number of benzene rings is 1. The third kappa shape index (κ3) is 3.01. The molecule has 0 saturated heterocycles. The van der Waals surface area contributed by atoms with Gasteiger partial charge in [0.25, 0.3) is 0 Å². The van der Waals surface area contributed by atoms with Gasteiger partial charge in [0.2, 0.25) is 5.13 Å². The van der Waals surface area contributed by atoms with Crippen LogP contribution in [0.4, 0.5) is 5.13 Å². The van der Waals surface area contributed by atoms with Crippen molar-refractivity contribution in [3.05, 3.63) is 58.1 Å². The van der Waals surface area contributed by atoms with Crippen LogP contribution in [0.25, 0.3) is 0 Å². The number of carbonyl (C=O) groups excluding carboxylic acids is 1. The van der Waals surface area contributed by atoms with Gasteiger partial charge in [0.15, 0.2) is 10.1 Å². The molecule has 0 amide bonds. The van der Waals surface area contributed by atoms with Gasteiger partial charge >= 0.3 is 0 Å². The van der Waals surface area contributed by atoms with E-state index in [-0.39, 0.29) is 5.78 Å². The highest BCUT2D eigenvalue weighted by Gasteiger charge is 2.41. The minimum atomic E-state index is -0.433. The van der Waals surface area contributed by atoms with E-state index in [9.17, 15) is 10.1 Å². The fraction of sp³-hybridized carbons (Fsp3) is 0.300. The van der Waals surface area contributed by atoms with Crippen molar-refractivity contribution in [2.75, 3.05) is 11.2 Å². The highest BCUT2D eigenvalue weighted by atomic mass is 32.2. The van der Waals surface area contributed by atoms with Gasteiger partial charge in [-0.2, -0.15) is 5.26 Å². The van der Waals surface area contributed by atoms with E-state index in [1.807, 2.05) is 37.4 Å². The number of aryl methyl sites for hydroxylation is 1. The molecule has 0 bridgehead atoms. The number of carbonyl (C=O) groups is 1. The van der Waals surface area contributed by atoms with Gasteiger partial charge in [0.05, 0.1) is 17.6 Å². The molecule has 1 aromatic heterocycles. The Labute approximate surface area is 171 Å². The Bertz CT molecular complexity index is 1050. The van der Waals surface area contributed by atoms with E-state index in [2.05, 4.69) is 16.3 Å². The van der Waals surface area contributed by atoms with Crippen molar-refractivity contribution in [3.63, 3.8) is 0 Å². The largest absolute Gasteiger partial charge is 0.384 e. The highest BCUT2D eigenvalue weighted by Crippen LogP contribution is 2.46. The number of aromatic nitrogens is 2. The van der Waals surface area contributed by atoms with Crippen LogP contribution in [-0.4, -0.2) is 22.2 Å². The van der Waals surface area contributed by atoms with Crippen molar-refractivity contribution >= 4 is 34.0 Å². The quantitative estimate of drug-likeness (QED) is 0.769. The second kappa shape index (κ2) is 7.41. The Hall–Kier alpha value is -2.63. The Morgan fingerprint density at radius 1 is 1.29 bits per heavy atom. The van der Waals surface area contributed by atoms with Gasteiger partial charge in [-0.15, -0.1) is 10.2 Å². The fourth-order valence-corrected chi connectivity index (χ4v) is 5.07. The van der Waals surface area contributed by atoms with Crippen molar-refractivity contribution in [1.29, 1.82) is 5.26 Å². The lowest BCUT2D eigenvalue weighted by Crippen LogP contribution is -2.38. The molecule has 0 radical (unpaired) electrons. The molecule has 0 saturated carbocycles. The molecule has 1 atom stereocenters. The van der Waals surface area contributed by atoms with Crippen molar-refractivity contribution in [2.45, 2.75) is 36.4 Å². The molecule has 8 heteroatoms. The van der Waals surface area contributed by atoms with Gasteiger partial charge in [0.1, 0.15) is 5.82 Å². The number of allylic oxidation sites excluding steroid dienone is 3. The molecule has 0 fully saturated rings. The average molecular weight is 410 g/mol. The number of nitriles is 1. The van der Waals surface area contributed by atoms with Crippen LogP contribution in [0, 0.1) is 18.3 Å². The van der Waals surface area contributed by atoms with E-state index in [0.29, 0.717) is 28.5 Å². The molecule has 1 unspecified atom stereocenters. The second-order valence-electron chi connectivity index (χ2n) is 6.78. The van der Waals surface area contributed by atoms with Crippen molar-refractivity contribution in [2.24, 2.45) is 5.73 Å². The standard InChI is InChI=1S/C20H19N5OS2/c1-11-6-8-12(9-7-11)16-13(10-21)18(22)25(19-23-24-20(27-2)28-19)14-4-3-5-15(26)17(14)16/h6-9,16H,3-5,22H2,1-2H3. The van der Waals surface area contributed by atoms with Gasteiger partial charge in [-0.3, -0.25) is 9.69 Å². The summed E-state index contributed by atoms with van der Waals surface area (Å²) < 4.78 is 0.811. The molecular formula is C20H19N5OS2. The first-order chi connectivity index (χ1) is 13.5. The summed E-state index contributed by atoms with van der Waals surface area (Å²) >= 11 is 2.91. The summed E-state index contributed by atoms with van der Waals surface area (Å²) in [6.07, 6.45) is 3.90. The van der Waals surface area contributed by atoms with E-state index >= 15 is 0 Å². The summed E-state index contributed by atoms with van der Waals surface area (Å²) in [6, 6.07) is 10.2. The summed E-state index contributed by atoms with van der Waals surface area (Å²) in [5, 5.41) is 19.0. The third-order valence-electron chi connectivity index (χ3n) is 5.09. The summed E-state index contributed by atoms with van der Waals surface area (Å²) in [4.78, 5) is 14.8. The van der Waals surface area contributed by atoms with E-state index in [4.69, 9.17) is 5.73 Å². The molecule has 1 aliphatic heterocycles. The van der Waals surface area contributed by atoms with E-state index in [0.717, 1.165) is 34.0 Å². The van der Waals surface area contributed by atoms with Gasteiger partial charge in [-0.1, -0.05) is 52.9 Å². The maximum Gasteiger partial charge on any atom is 0.219 e. The van der Waals surface area contributed by atoms with Crippen LogP contribution in [0.15, 0.2) is 51.3 Å². The normalized spacial score (nSPS) is 19.7. The number of hydrogen-bond donors (Lipinski definition) is 1. The minimum absolute atomic E-state index is 0.0756. The van der Waals surface area contributed by atoms with E-state index < -0.39 is 5.92 Å². The summed E-state index contributed by atoms with van der Waals surface area (Å²) in [6.45, 7) is 2.01. The van der Waals surface area contributed by atoms with Gasteiger partial charge in [-0.25, -0.2) is 0 Å². The van der Waals surface area contributed by atoms with Gasteiger partial charge in [-0.05, 0) is 31.6 Å². The van der Waals surface area contributed by atoms with Crippen LogP contribution in [0.5, 0.6) is 0 Å². The van der Waals surface area contributed by atoms with Crippen LogP contribution in [-0.2, 0) is 4.79 Å². The first-order valence-electron chi connectivity index (χ1n) is 8.95. The van der Waals surface area contributed by atoms with Gasteiger partial charge in [0, 0.05) is 17.7 Å². The Kier molecular flexibility index (Phi) is 4.96. The van der Waals surface area contributed by atoms with Gasteiger partial charge < -0.3 is 5.73 Å². The lowest BCUT2D eigenvalue weighted by atomic mass is 9.75. The smallest absolute Gasteiger partial charge is 0.219 e. The maximum atomic E-state index is 13.0. The number of hydrogen-bond acceptors (Lipinski definition) is 8. The molecule has 1 aromatic carbocycles.